The van der Waals surface area contributed by atoms with Gasteiger partial charge in [0.05, 0.1) is 5.56 Å². The number of rotatable bonds is 1. The van der Waals surface area contributed by atoms with Gasteiger partial charge in [0.1, 0.15) is 0 Å². The Hall–Kier alpha value is -1.19. The summed E-state index contributed by atoms with van der Waals surface area (Å²) < 4.78 is 0. The van der Waals surface area contributed by atoms with E-state index in [1.807, 2.05) is 31.2 Å². The molecule has 0 aromatic heterocycles. The molecule has 15 heavy (non-hydrogen) atoms. The molecule has 0 heterocycles. The van der Waals surface area contributed by atoms with Crippen LogP contribution in [0.2, 0.25) is 0 Å². The molecule has 0 aliphatic rings. The Kier molecular flexibility index (Phi) is 3.60. The first-order valence-electron chi connectivity index (χ1n) is 4.41. The summed E-state index contributed by atoms with van der Waals surface area (Å²) in [7, 11) is 0. The predicted octanol–water partition coefficient (Wildman–Crippen LogP) is 2.47. The summed E-state index contributed by atoms with van der Waals surface area (Å²) in [5.74, 6) is -0.881. The zero-order valence-electron chi connectivity index (χ0n) is 8.40. The summed E-state index contributed by atoms with van der Waals surface area (Å²) in [4.78, 5) is 10.7. The molecule has 3 radical (unpaired) electrons. The molecule has 3 heteroatoms. The first kappa shape index (κ1) is 11.9. The quantitative estimate of drug-likeness (QED) is 0.795. The normalized spacial score (nSPS) is 9.67. The van der Waals surface area contributed by atoms with Gasteiger partial charge in [0.25, 0.3) is 0 Å². The van der Waals surface area contributed by atoms with Gasteiger partial charge in [-0.2, -0.15) is 0 Å². The molecule has 0 saturated carbocycles. The van der Waals surface area contributed by atoms with Gasteiger partial charge in [0.2, 0.25) is 0 Å². The molecule has 0 fully saturated rings. The van der Waals surface area contributed by atoms with Gasteiger partial charge in [0, 0.05) is 19.8 Å². The van der Waals surface area contributed by atoms with Crippen LogP contribution in [0.3, 0.4) is 0 Å². The van der Waals surface area contributed by atoms with Crippen LogP contribution in [0.25, 0.3) is 10.8 Å². The van der Waals surface area contributed by atoms with Crippen LogP contribution in [-0.2, 0) is 0 Å². The van der Waals surface area contributed by atoms with Crippen molar-refractivity contribution >= 4 is 36.5 Å². The van der Waals surface area contributed by atoms with Crippen molar-refractivity contribution in [3.8, 4) is 0 Å². The molecule has 2 aromatic rings. The monoisotopic (exact) mass is 255 g/mol. The van der Waals surface area contributed by atoms with Crippen LogP contribution in [0.5, 0.6) is 0 Å². The second-order valence-corrected chi connectivity index (χ2v) is 3.32. The minimum absolute atomic E-state index is 0. The van der Waals surface area contributed by atoms with Crippen LogP contribution >= 0.6 is 0 Å². The van der Waals surface area contributed by atoms with E-state index in [0.717, 1.165) is 10.8 Å². The molecule has 0 saturated heterocycles. The van der Waals surface area contributed by atoms with Crippen molar-refractivity contribution in [3.63, 3.8) is 0 Å². The topological polar surface area (TPSA) is 37.3 Å². The summed E-state index contributed by atoms with van der Waals surface area (Å²) >= 11 is 0. The molecule has 0 aliphatic carbocycles. The van der Waals surface area contributed by atoms with Gasteiger partial charge in [-0.25, -0.2) is 4.79 Å². The second kappa shape index (κ2) is 4.55. The van der Waals surface area contributed by atoms with E-state index in [2.05, 4.69) is 0 Å². The fourth-order valence-electron chi connectivity index (χ4n) is 1.58. The first-order chi connectivity index (χ1) is 6.68. The van der Waals surface area contributed by atoms with E-state index in [-0.39, 0.29) is 19.8 Å². The number of carboxylic acid groups (broad SMARTS) is 1. The Morgan fingerprint density at radius 3 is 2.60 bits per heavy atom. The average Bonchev–Trinajstić information content (AvgIpc) is 2.17. The Morgan fingerprint density at radius 1 is 1.20 bits per heavy atom. The van der Waals surface area contributed by atoms with Crippen molar-refractivity contribution < 1.29 is 9.90 Å². The zero-order chi connectivity index (χ0) is 10.1. The van der Waals surface area contributed by atoms with Gasteiger partial charge in [-0.1, -0.05) is 24.3 Å². The standard InChI is InChI=1S/C12H10O2.Ga/c1-8-3-2-4-9-7-10(12(13)14)5-6-11(8)9;/h2-7H,1H3,(H,13,14);. The average molecular weight is 256 g/mol. The number of carbonyl (C=O) groups is 1. The Morgan fingerprint density at radius 2 is 1.93 bits per heavy atom. The Balaban J connectivity index is 0.00000112. The molecule has 0 aliphatic heterocycles. The number of fused-ring (bicyclic) bond motifs is 1. The van der Waals surface area contributed by atoms with E-state index >= 15 is 0 Å². The molecule has 2 nitrogen and oxygen atoms in total. The largest absolute Gasteiger partial charge is 0.478 e. The maximum atomic E-state index is 10.7. The number of carboxylic acids is 1. The third kappa shape index (κ3) is 2.25. The van der Waals surface area contributed by atoms with E-state index in [0.29, 0.717) is 5.56 Å². The van der Waals surface area contributed by atoms with Gasteiger partial charge in [-0.15, -0.1) is 0 Å². The molecule has 0 atom stereocenters. The van der Waals surface area contributed by atoms with Crippen LogP contribution in [0.15, 0.2) is 36.4 Å². The van der Waals surface area contributed by atoms with E-state index in [9.17, 15) is 4.79 Å². The summed E-state index contributed by atoms with van der Waals surface area (Å²) in [6.45, 7) is 2.02. The van der Waals surface area contributed by atoms with Gasteiger partial charge in [-0.3, -0.25) is 0 Å². The number of hydrogen-bond acceptors (Lipinski definition) is 1. The van der Waals surface area contributed by atoms with Crippen molar-refractivity contribution in [3.05, 3.63) is 47.5 Å². The minimum atomic E-state index is -0.881. The smallest absolute Gasteiger partial charge is 0.335 e. The van der Waals surface area contributed by atoms with Crippen LogP contribution in [-0.4, -0.2) is 30.9 Å². The number of hydrogen-bond donors (Lipinski definition) is 1. The van der Waals surface area contributed by atoms with Crippen LogP contribution in [0.1, 0.15) is 15.9 Å². The number of aryl methyl sites for hydroxylation is 1. The second-order valence-electron chi connectivity index (χ2n) is 3.32. The first-order valence-corrected chi connectivity index (χ1v) is 4.41. The maximum absolute atomic E-state index is 10.7. The van der Waals surface area contributed by atoms with Gasteiger partial charge in [0.15, 0.2) is 0 Å². The molecule has 73 valence electrons. The van der Waals surface area contributed by atoms with Crippen LogP contribution in [0, 0.1) is 6.92 Å². The molecule has 1 N–H and O–H groups in total. The Labute approximate surface area is 101 Å². The van der Waals surface area contributed by atoms with Crippen molar-refractivity contribution in [1.82, 2.24) is 0 Å². The van der Waals surface area contributed by atoms with E-state index in [1.54, 1.807) is 12.1 Å². The Bertz CT molecular complexity index is 506. The summed E-state index contributed by atoms with van der Waals surface area (Å²) in [5, 5.41) is 10.9. The van der Waals surface area contributed by atoms with E-state index in [4.69, 9.17) is 5.11 Å². The third-order valence-corrected chi connectivity index (χ3v) is 2.35. The molecule has 0 amide bonds. The maximum Gasteiger partial charge on any atom is 0.335 e. The van der Waals surface area contributed by atoms with Gasteiger partial charge < -0.3 is 5.11 Å². The SMILES string of the molecule is Cc1cccc2cc(C(=O)O)ccc12.[Ga]. The van der Waals surface area contributed by atoms with E-state index < -0.39 is 5.97 Å². The summed E-state index contributed by atoms with van der Waals surface area (Å²) in [6, 6.07) is 11.1. The zero-order valence-corrected chi connectivity index (χ0v) is 10.8. The fourth-order valence-corrected chi connectivity index (χ4v) is 1.58. The molecule has 0 spiro atoms. The molecular formula is C12H10GaO2. The number of aromatic carboxylic acids is 1. The molecule has 0 bridgehead atoms. The van der Waals surface area contributed by atoms with E-state index in [1.165, 1.54) is 5.56 Å². The number of benzene rings is 2. The molecular weight excluding hydrogens is 246 g/mol. The molecule has 0 unspecified atom stereocenters. The predicted molar refractivity (Wildman–Crippen MR) is 61.4 cm³/mol. The van der Waals surface area contributed by atoms with Gasteiger partial charge in [-0.05, 0) is 35.4 Å². The van der Waals surface area contributed by atoms with Crippen molar-refractivity contribution in [2.45, 2.75) is 6.92 Å². The third-order valence-electron chi connectivity index (χ3n) is 2.35. The molecule has 2 rings (SSSR count). The van der Waals surface area contributed by atoms with Crippen molar-refractivity contribution in [2.75, 3.05) is 0 Å². The fraction of sp³-hybridized carbons (Fsp3) is 0.0833. The van der Waals surface area contributed by atoms with Crippen molar-refractivity contribution in [2.24, 2.45) is 0 Å². The van der Waals surface area contributed by atoms with Crippen LogP contribution in [0.4, 0.5) is 0 Å². The molecule has 2 aromatic carbocycles. The van der Waals surface area contributed by atoms with Gasteiger partial charge >= 0.3 is 5.97 Å². The van der Waals surface area contributed by atoms with Crippen LogP contribution < -0.4 is 0 Å². The minimum Gasteiger partial charge on any atom is -0.478 e. The summed E-state index contributed by atoms with van der Waals surface area (Å²) in [5.41, 5.74) is 1.50. The summed E-state index contributed by atoms with van der Waals surface area (Å²) in [6.07, 6.45) is 0. The van der Waals surface area contributed by atoms with Crippen molar-refractivity contribution in [1.29, 1.82) is 0 Å².